The minimum atomic E-state index is -3.75. The van der Waals surface area contributed by atoms with Crippen LogP contribution in [0.3, 0.4) is 0 Å². The summed E-state index contributed by atoms with van der Waals surface area (Å²) in [6.07, 6.45) is 0. The Bertz CT molecular complexity index is 758. The minimum Gasteiger partial charge on any atom is -0.384 e. The quantitative estimate of drug-likeness (QED) is 0.880. The summed E-state index contributed by atoms with van der Waals surface area (Å²) in [7, 11) is -3.75. The first-order chi connectivity index (χ1) is 10.2. The lowest BCUT2D eigenvalue weighted by Gasteiger charge is -2.24. The van der Waals surface area contributed by atoms with Gasteiger partial charge in [0.25, 0.3) is 0 Å². The molecule has 0 aliphatic carbocycles. The fraction of sp³-hybridized carbons (Fsp3) is 0.250. The highest BCUT2D eigenvalue weighted by Gasteiger charge is 2.26. The molecule has 2 N–H and O–H groups in total. The lowest BCUT2D eigenvalue weighted by atomic mass is 9.97. The van der Waals surface area contributed by atoms with Crippen LogP contribution in [0.2, 0.25) is 5.02 Å². The molecule has 0 bridgehead atoms. The Labute approximate surface area is 135 Å². The summed E-state index contributed by atoms with van der Waals surface area (Å²) >= 11 is 5.87. The molecule has 0 aliphatic rings. The lowest BCUT2D eigenvalue weighted by molar-refractivity contribution is 0.0627. The first-order valence-electron chi connectivity index (χ1n) is 6.76. The fourth-order valence-electron chi connectivity index (χ4n) is 2.08. The van der Waals surface area contributed by atoms with Crippen molar-refractivity contribution in [3.05, 3.63) is 64.7 Å². The first-order valence-corrected chi connectivity index (χ1v) is 8.62. The summed E-state index contributed by atoms with van der Waals surface area (Å²) in [5, 5.41) is 10.8. The van der Waals surface area contributed by atoms with Crippen molar-refractivity contribution in [2.75, 3.05) is 6.54 Å². The second-order valence-electron chi connectivity index (χ2n) is 5.37. The minimum absolute atomic E-state index is 0.115. The molecule has 0 aromatic heterocycles. The maximum Gasteiger partial charge on any atom is 0.240 e. The summed E-state index contributed by atoms with van der Waals surface area (Å²) in [6.45, 7) is 3.13. The van der Waals surface area contributed by atoms with Gasteiger partial charge in [0.2, 0.25) is 10.0 Å². The third-order valence-corrected chi connectivity index (χ3v) is 5.22. The number of nitrogens with one attached hydrogen (secondary N) is 1. The van der Waals surface area contributed by atoms with E-state index in [0.717, 1.165) is 0 Å². The summed E-state index contributed by atoms with van der Waals surface area (Å²) in [4.78, 5) is 0.115. The van der Waals surface area contributed by atoms with Crippen molar-refractivity contribution in [1.82, 2.24) is 4.72 Å². The van der Waals surface area contributed by atoms with E-state index >= 15 is 0 Å². The summed E-state index contributed by atoms with van der Waals surface area (Å²) < 4.78 is 27.3. The highest BCUT2D eigenvalue weighted by Crippen LogP contribution is 2.23. The first kappa shape index (κ1) is 17.0. The van der Waals surface area contributed by atoms with Crippen molar-refractivity contribution in [1.29, 1.82) is 0 Å². The third kappa shape index (κ3) is 3.87. The highest BCUT2D eigenvalue weighted by atomic mass is 35.5. The monoisotopic (exact) mass is 339 g/mol. The molecule has 0 spiro atoms. The molecule has 0 radical (unpaired) electrons. The van der Waals surface area contributed by atoms with Crippen molar-refractivity contribution in [2.45, 2.75) is 24.3 Å². The standard InChI is InChI=1S/C16H18ClNO3S/c1-12-8-9-14(17)10-15(12)22(20,21)18-11-16(2,19)13-6-4-3-5-7-13/h3-10,18-19H,11H2,1-2H3. The van der Waals surface area contributed by atoms with Gasteiger partial charge in [-0.2, -0.15) is 0 Å². The Morgan fingerprint density at radius 1 is 1.18 bits per heavy atom. The molecule has 0 saturated carbocycles. The average Bonchev–Trinajstić information content (AvgIpc) is 2.49. The molecule has 0 amide bonds. The topological polar surface area (TPSA) is 66.4 Å². The van der Waals surface area contributed by atoms with Gasteiger partial charge in [-0.1, -0.05) is 48.0 Å². The number of aryl methyl sites for hydroxylation is 1. The molecule has 1 atom stereocenters. The lowest BCUT2D eigenvalue weighted by Crippen LogP contribution is -2.38. The van der Waals surface area contributed by atoms with Gasteiger partial charge in [-0.05, 0) is 37.1 Å². The number of aliphatic hydroxyl groups is 1. The number of hydrogen-bond acceptors (Lipinski definition) is 3. The van der Waals surface area contributed by atoms with E-state index in [2.05, 4.69) is 4.72 Å². The molecule has 1 unspecified atom stereocenters. The van der Waals surface area contributed by atoms with Crippen LogP contribution in [0.5, 0.6) is 0 Å². The van der Waals surface area contributed by atoms with E-state index in [9.17, 15) is 13.5 Å². The molecule has 0 aliphatic heterocycles. The second-order valence-corrected chi connectivity index (χ2v) is 7.55. The molecule has 0 heterocycles. The van der Waals surface area contributed by atoms with E-state index < -0.39 is 15.6 Å². The zero-order valence-electron chi connectivity index (χ0n) is 12.4. The van der Waals surface area contributed by atoms with Gasteiger partial charge in [0.05, 0.1) is 4.90 Å². The molecule has 4 nitrogen and oxygen atoms in total. The molecule has 118 valence electrons. The molecule has 0 saturated heterocycles. The molecule has 2 aromatic rings. The second kappa shape index (κ2) is 6.38. The molecule has 22 heavy (non-hydrogen) atoms. The molecule has 2 aromatic carbocycles. The van der Waals surface area contributed by atoms with Gasteiger partial charge in [0.1, 0.15) is 5.60 Å². The van der Waals surface area contributed by atoms with Gasteiger partial charge < -0.3 is 5.11 Å². The normalized spacial score (nSPS) is 14.5. The van der Waals surface area contributed by atoms with E-state index in [1.165, 1.54) is 6.07 Å². The Morgan fingerprint density at radius 2 is 1.82 bits per heavy atom. The van der Waals surface area contributed by atoms with Crippen LogP contribution < -0.4 is 4.72 Å². The Balaban J connectivity index is 2.21. The average molecular weight is 340 g/mol. The highest BCUT2D eigenvalue weighted by molar-refractivity contribution is 7.89. The van der Waals surface area contributed by atoms with E-state index in [0.29, 0.717) is 16.1 Å². The third-order valence-electron chi connectivity index (χ3n) is 3.44. The summed E-state index contributed by atoms with van der Waals surface area (Å²) in [5.41, 5.74) is -0.0716. The van der Waals surface area contributed by atoms with Gasteiger partial charge in [-0.3, -0.25) is 0 Å². The largest absolute Gasteiger partial charge is 0.384 e. The maximum absolute atomic E-state index is 12.4. The van der Waals surface area contributed by atoms with Crippen molar-refractivity contribution >= 4 is 21.6 Å². The van der Waals surface area contributed by atoms with Crippen LogP contribution in [0.4, 0.5) is 0 Å². The number of halogens is 1. The van der Waals surface area contributed by atoms with Crippen molar-refractivity contribution in [3.63, 3.8) is 0 Å². The predicted octanol–water partition coefficient (Wildman–Crippen LogP) is 2.83. The van der Waals surface area contributed by atoms with E-state index in [1.54, 1.807) is 50.2 Å². The Hall–Kier alpha value is -1.40. The fourth-order valence-corrected chi connectivity index (χ4v) is 3.71. The molecule has 2 rings (SSSR count). The van der Waals surface area contributed by atoms with Crippen LogP contribution >= 0.6 is 11.6 Å². The van der Waals surface area contributed by atoms with Crippen LogP contribution in [0, 0.1) is 6.92 Å². The number of benzene rings is 2. The zero-order chi connectivity index (χ0) is 16.4. The van der Waals surface area contributed by atoms with Gasteiger partial charge in [0, 0.05) is 11.6 Å². The van der Waals surface area contributed by atoms with Gasteiger partial charge in [0.15, 0.2) is 0 Å². The molecule has 0 fully saturated rings. The maximum atomic E-state index is 12.4. The SMILES string of the molecule is Cc1ccc(Cl)cc1S(=O)(=O)NCC(C)(O)c1ccccc1. The Morgan fingerprint density at radius 3 is 2.45 bits per heavy atom. The van der Waals surface area contributed by atoms with Gasteiger partial charge >= 0.3 is 0 Å². The van der Waals surface area contributed by atoms with Crippen LogP contribution in [-0.2, 0) is 15.6 Å². The van der Waals surface area contributed by atoms with Gasteiger partial charge in [-0.15, -0.1) is 0 Å². The summed E-state index contributed by atoms with van der Waals surface area (Å²) in [5.74, 6) is 0. The molecular weight excluding hydrogens is 322 g/mol. The predicted molar refractivity (Wildman–Crippen MR) is 87.4 cm³/mol. The van der Waals surface area contributed by atoms with Crippen LogP contribution in [0.1, 0.15) is 18.1 Å². The number of hydrogen-bond donors (Lipinski definition) is 2. The zero-order valence-corrected chi connectivity index (χ0v) is 13.9. The van der Waals surface area contributed by atoms with Gasteiger partial charge in [-0.25, -0.2) is 13.1 Å². The van der Waals surface area contributed by atoms with E-state index in [4.69, 9.17) is 11.6 Å². The van der Waals surface area contributed by atoms with E-state index in [1.807, 2.05) is 6.07 Å². The van der Waals surface area contributed by atoms with Crippen molar-refractivity contribution in [3.8, 4) is 0 Å². The van der Waals surface area contributed by atoms with Crippen LogP contribution in [-0.4, -0.2) is 20.1 Å². The molecular formula is C16H18ClNO3S. The van der Waals surface area contributed by atoms with Crippen LogP contribution in [0.25, 0.3) is 0 Å². The smallest absolute Gasteiger partial charge is 0.240 e. The molecule has 6 heteroatoms. The van der Waals surface area contributed by atoms with Crippen LogP contribution in [0.15, 0.2) is 53.4 Å². The van der Waals surface area contributed by atoms with Crippen molar-refractivity contribution in [2.24, 2.45) is 0 Å². The van der Waals surface area contributed by atoms with Crippen molar-refractivity contribution < 1.29 is 13.5 Å². The Kier molecular flexibility index (Phi) is 4.92. The number of rotatable bonds is 5. The number of sulfonamides is 1. The van der Waals surface area contributed by atoms with E-state index in [-0.39, 0.29) is 11.4 Å². The summed E-state index contributed by atoms with van der Waals surface area (Å²) in [6, 6.07) is 13.6.